The Morgan fingerprint density at radius 2 is 2.18 bits per heavy atom. The molecule has 0 radical (unpaired) electrons. The fourth-order valence-corrected chi connectivity index (χ4v) is 1.58. The highest BCUT2D eigenvalue weighted by molar-refractivity contribution is 5.79. The van der Waals surface area contributed by atoms with Gasteiger partial charge in [-0.05, 0) is 27.2 Å². The Morgan fingerprint density at radius 3 is 2.71 bits per heavy atom. The molecule has 17 heavy (non-hydrogen) atoms. The van der Waals surface area contributed by atoms with Crippen LogP contribution < -0.4 is 0 Å². The second-order valence-electron chi connectivity index (χ2n) is 5.29. The third-order valence-corrected chi connectivity index (χ3v) is 2.42. The van der Waals surface area contributed by atoms with Gasteiger partial charge in [-0.1, -0.05) is 19.8 Å². The average molecular weight is 243 g/mol. The van der Waals surface area contributed by atoms with E-state index in [1.807, 2.05) is 0 Å². The first-order valence-electron chi connectivity index (χ1n) is 6.06. The lowest BCUT2D eigenvalue weighted by Gasteiger charge is -2.22. The first kappa shape index (κ1) is 13.8. The maximum Gasteiger partial charge on any atom is 0.443 e. The quantitative estimate of drug-likeness (QED) is 0.764. The van der Waals surface area contributed by atoms with Crippen LogP contribution in [0.1, 0.15) is 47.0 Å². The summed E-state index contributed by atoms with van der Waals surface area (Å²) in [5.74, 6) is -0.535. The van der Waals surface area contributed by atoms with Crippen molar-refractivity contribution in [3.8, 4) is 0 Å². The molecule has 1 fully saturated rings. The normalized spacial score (nSPS) is 20.4. The molecule has 1 heterocycles. The lowest BCUT2D eigenvalue weighted by molar-refractivity contribution is -0.167. The van der Waals surface area contributed by atoms with E-state index in [0.29, 0.717) is 6.54 Å². The van der Waals surface area contributed by atoms with E-state index >= 15 is 0 Å². The molecule has 1 aliphatic heterocycles. The molecule has 0 aromatic rings. The summed E-state index contributed by atoms with van der Waals surface area (Å²) in [4.78, 5) is 28.0. The van der Waals surface area contributed by atoms with Crippen LogP contribution in [0.15, 0.2) is 0 Å². The van der Waals surface area contributed by atoms with Gasteiger partial charge in [0.25, 0.3) is 0 Å². The van der Waals surface area contributed by atoms with E-state index in [1.165, 1.54) is 0 Å². The molecule has 98 valence electrons. The van der Waals surface area contributed by atoms with E-state index in [4.69, 9.17) is 9.57 Å². The van der Waals surface area contributed by atoms with Gasteiger partial charge in [0.1, 0.15) is 5.60 Å². The van der Waals surface area contributed by atoms with Crippen molar-refractivity contribution in [3.63, 3.8) is 0 Å². The van der Waals surface area contributed by atoms with Crippen molar-refractivity contribution in [2.24, 2.45) is 5.92 Å². The van der Waals surface area contributed by atoms with Crippen LogP contribution in [0, 0.1) is 5.92 Å². The Bertz CT molecular complexity index is 295. The number of carbonyl (C=O) groups excluding carboxylic acids is 2. The Labute approximate surface area is 102 Å². The third-order valence-electron chi connectivity index (χ3n) is 2.42. The van der Waals surface area contributed by atoms with Gasteiger partial charge in [-0.25, -0.2) is 9.59 Å². The van der Waals surface area contributed by atoms with Crippen molar-refractivity contribution in [2.45, 2.75) is 52.6 Å². The molecule has 1 saturated heterocycles. The highest BCUT2D eigenvalue weighted by Crippen LogP contribution is 2.22. The highest BCUT2D eigenvalue weighted by atomic mass is 16.8. The second kappa shape index (κ2) is 5.38. The van der Waals surface area contributed by atoms with Crippen LogP contribution in [0.2, 0.25) is 0 Å². The van der Waals surface area contributed by atoms with Gasteiger partial charge in [-0.3, -0.25) is 0 Å². The van der Waals surface area contributed by atoms with Crippen LogP contribution in [0.4, 0.5) is 4.79 Å². The van der Waals surface area contributed by atoms with E-state index in [-0.39, 0.29) is 11.9 Å². The summed E-state index contributed by atoms with van der Waals surface area (Å²) in [6.45, 7) is 7.69. The maximum atomic E-state index is 11.7. The Morgan fingerprint density at radius 1 is 1.53 bits per heavy atom. The molecular formula is C12H21NO4. The lowest BCUT2D eigenvalue weighted by atomic mass is 10.0. The Hall–Kier alpha value is -1.26. The predicted molar refractivity (Wildman–Crippen MR) is 62.0 cm³/mol. The van der Waals surface area contributed by atoms with E-state index in [2.05, 4.69) is 6.92 Å². The second-order valence-corrected chi connectivity index (χ2v) is 5.29. The van der Waals surface area contributed by atoms with Gasteiger partial charge in [0.15, 0.2) is 0 Å². The molecule has 0 aliphatic carbocycles. The van der Waals surface area contributed by atoms with Gasteiger partial charge in [-0.2, -0.15) is 0 Å². The maximum absolute atomic E-state index is 11.7. The number of amides is 1. The van der Waals surface area contributed by atoms with Gasteiger partial charge >= 0.3 is 12.1 Å². The zero-order valence-electron chi connectivity index (χ0n) is 11.0. The zero-order chi connectivity index (χ0) is 13.1. The smallest absolute Gasteiger partial charge is 0.442 e. The third kappa shape index (κ3) is 4.24. The minimum Gasteiger partial charge on any atom is -0.442 e. The van der Waals surface area contributed by atoms with Gasteiger partial charge in [0.2, 0.25) is 0 Å². The molecule has 0 saturated carbocycles. The van der Waals surface area contributed by atoms with E-state index in [0.717, 1.165) is 24.3 Å². The SMILES string of the molecule is CCCC[C@@H]1CN(C(=O)OC(C)(C)C)OC1=O. The summed E-state index contributed by atoms with van der Waals surface area (Å²) in [6, 6.07) is 0. The minimum atomic E-state index is -0.593. The monoisotopic (exact) mass is 243 g/mol. The Balaban J connectivity index is 2.48. The number of rotatable bonds is 3. The number of unbranched alkanes of at least 4 members (excludes halogenated alkanes) is 1. The van der Waals surface area contributed by atoms with Crippen LogP contribution in [0.5, 0.6) is 0 Å². The van der Waals surface area contributed by atoms with Crippen molar-refractivity contribution in [2.75, 3.05) is 6.54 Å². The van der Waals surface area contributed by atoms with E-state index in [1.54, 1.807) is 20.8 Å². The van der Waals surface area contributed by atoms with Crippen LogP contribution in [0.25, 0.3) is 0 Å². The summed E-state index contributed by atoms with van der Waals surface area (Å²) >= 11 is 0. The van der Waals surface area contributed by atoms with Gasteiger partial charge in [0.05, 0.1) is 12.5 Å². The summed E-state index contributed by atoms with van der Waals surface area (Å²) in [5, 5.41) is 1.02. The number of hydrogen-bond acceptors (Lipinski definition) is 4. The molecule has 0 bridgehead atoms. The summed E-state index contributed by atoms with van der Waals surface area (Å²) in [7, 11) is 0. The molecule has 0 spiro atoms. The molecule has 0 unspecified atom stereocenters. The molecule has 0 aromatic carbocycles. The molecule has 5 nitrogen and oxygen atoms in total. The molecule has 1 amide bonds. The summed E-state index contributed by atoms with van der Waals surface area (Å²) < 4.78 is 5.13. The number of hydrogen-bond donors (Lipinski definition) is 0. The molecule has 1 rings (SSSR count). The molecular weight excluding hydrogens is 222 g/mol. The van der Waals surface area contributed by atoms with Crippen molar-refractivity contribution >= 4 is 12.1 Å². The van der Waals surface area contributed by atoms with Gasteiger partial charge < -0.3 is 9.57 Å². The minimum absolute atomic E-state index is 0.206. The van der Waals surface area contributed by atoms with Crippen molar-refractivity contribution in [1.29, 1.82) is 0 Å². The number of nitrogens with zero attached hydrogens (tertiary/aromatic N) is 1. The standard InChI is InChI=1S/C12H21NO4/c1-5-6-7-9-8-13(17-10(9)14)11(15)16-12(2,3)4/h9H,5-8H2,1-4H3/t9-/m1/s1. The van der Waals surface area contributed by atoms with Gasteiger partial charge in [0, 0.05) is 0 Å². The topological polar surface area (TPSA) is 55.8 Å². The van der Waals surface area contributed by atoms with Crippen LogP contribution in [-0.4, -0.2) is 29.3 Å². The van der Waals surface area contributed by atoms with Crippen LogP contribution >= 0.6 is 0 Å². The first-order chi connectivity index (χ1) is 7.83. The van der Waals surface area contributed by atoms with Gasteiger partial charge in [-0.15, -0.1) is 5.06 Å². The fourth-order valence-electron chi connectivity index (χ4n) is 1.58. The van der Waals surface area contributed by atoms with E-state index < -0.39 is 11.7 Å². The zero-order valence-corrected chi connectivity index (χ0v) is 11.0. The molecule has 1 atom stereocenters. The van der Waals surface area contributed by atoms with Crippen molar-refractivity contribution in [3.05, 3.63) is 0 Å². The fraction of sp³-hybridized carbons (Fsp3) is 0.833. The number of hydroxylamine groups is 2. The van der Waals surface area contributed by atoms with Crippen LogP contribution in [0.3, 0.4) is 0 Å². The number of ether oxygens (including phenoxy) is 1. The predicted octanol–water partition coefficient (Wildman–Crippen LogP) is 2.50. The summed E-state index contributed by atoms with van der Waals surface area (Å²) in [6.07, 6.45) is 2.15. The average Bonchev–Trinajstić information content (AvgIpc) is 2.54. The lowest BCUT2D eigenvalue weighted by Crippen LogP contribution is -2.34. The Kier molecular flexibility index (Phi) is 4.37. The molecule has 1 aliphatic rings. The van der Waals surface area contributed by atoms with E-state index in [9.17, 15) is 9.59 Å². The first-order valence-corrected chi connectivity index (χ1v) is 6.06. The molecule has 0 aromatic heterocycles. The molecule has 5 heteroatoms. The van der Waals surface area contributed by atoms with Crippen molar-refractivity contribution in [1.82, 2.24) is 5.06 Å². The number of carbonyl (C=O) groups is 2. The largest absolute Gasteiger partial charge is 0.443 e. The highest BCUT2D eigenvalue weighted by Gasteiger charge is 2.37. The van der Waals surface area contributed by atoms with Crippen LogP contribution in [-0.2, 0) is 14.4 Å². The molecule has 0 N–H and O–H groups in total. The summed E-state index contributed by atoms with van der Waals surface area (Å²) in [5.41, 5.74) is -0.578. The van der Waals surface area contributed by atoms with Crippen molar-refractivity contribution < 1.29 is 19.2 Å².